The summed E-state index contributed by atoms with van der Waals surface area (Å²) in [6, 6.07) is 0. The topological polar surface area (TPSA) is 37.3 Å². The van der Waals surface area contributed by atoms with E-state index in [-0.39, 0.29) is 5.41 Å². The molecule has 17 heavy (non-hydrogen) atoms. The van der Waals surface area contributed by atoms with Crippen molar-refractivity contribution in [3.63, 3.8) is 0 Å². The van der Waals surface area contributed by atoms with Gasteiger partial charge < -0.3 is 5.11 Å². The van der Waals surface area contributed by atoms with Gasteiger partial charge in [-0.2, -0.15) is 0 Å². The molecule has 0 aromatic carbocycles. The van der Waals surface area contributed by atoms with Crippen LogP contribution in [0.1, 0.15) is 72.1 Å². The van der Waals surface area contributed by atoms with Gasteiger partial charge >= 0.3 is 5.97 Å². The third kappa shape index (κ3) is 8.96. The number of carbonyl (C=O) groups is 1. The van der Waals surface area contributed by atoms with Crippen molar-refractivity contribution in [3.8, 4) is 0 Å². The Balaban J connectivity index is 4.23. The van der Waals surface area contributed by atoms with Crippen LogP contribution in [0, 0.1) is 5.41 Å². The number of aliphatic carboxylic acids is 1. The van der Waals surface area contributed by atoms with Crippen LogP contribution in [-0.2, 0) is 4.79 Å². The molecule has 0 aliphatic carbocycles. The lowest BCUT2D eigenvalue weighted by atomic mass is 9.79. The Morgan fingerprint density at radius 3 is 2.18 bits per heavy atom. The van der Waals surface area contributed by atoms with Crippen LogP contribution in [0.4, 0.5) is 0 Å². The second-order valence-corrected chi connectivity index (χ2v) is 5.24. The lowest BCUT2D eigenvalue weighted by molar-refractivity contribution is -0.131. The highest BCUT2D eigenvalue weighted by molar-refractivity contribution is 5.79. The Morgan fingerprint density at radius 1 is 1.06 bits per heavy atom. The van der Waals surface area contributed by atoms with Crippen molar-refractivity contribution in [3.05, 3.63) is 12.2 Å². The molecule has 0 saturated heterocycles. The van der Waals surface area contributed by atoms with Gasteiger partial charge in [-0.15, -0.1) is 0 Å². The molecular weight excluding hydrogens is 212 g/mol. The van der Waals surface area contributed by atoms with Crippen molar-refractivity contribution < 1.29 is 9.90 Å². The Bertz CT molecular complexity index is 233. The fraction of sp³-hybridized carbons (Fsp3) is 0.800. The molecule has 0 saturated carbocycles. The molecule has 0 bridgehead atoms. The number of rotatable bonds is 10. The first-order chi connectivity index (χ1) is 8.04. The fourth-order valence-electron chi connectivity index (χ4n) is 2.10. The second kappa shape index (κ2) is 9.26. The molecule has 0 aliphatic heterocycles. The van der Waals surface area contributed by atoms with Crippen LogP contribution in [0.15, 0.2) is 12.2 Å². The van der Waals surface area contributed by atoms with E-state index >= 15 is 0 Å². The van der Waals surface area contributed by atoms with Crippen LogP contribution >= 0.6 is 0 Å². The van der Waals surface area contributed by atoms with Gasteiger partial charge in [0.15, 0.2) is 0 Å². The summed E-state index contributed by atoms with van der Waals surface area (Å²) >= 11 is 0. The van der Waals surface area contributed by atoms with Gasteiger partial charge in [-0.3, -0.25) is 0 Å². The van der Waals surface area contributed by atoms with Gasteiger partial charge in [0.25, 0.3) is 0 Å². The normalized spacial score (nSPS) is 15.0. The highest BCUT2D eigenvalue weighted by atomic mass is 16.4. The SMILES string of the molecule is CCCCCCC(C)(/C=C/C(=O)O)CCCC. The minimum Gasteiger partial charge on any atom is -0.478 e. The number of carboxylic acids is 1. The van der Waals surface area contributed by atoms with Gasteiger partial charge in [0.2, 0.25) is 0 Å². The molecule has 0 fully saturated rings. The van der Waals surface area contributed by atoms with Crippen molar-refractivity contribution in [2.75, 3.05) is 0 Å². The average Bonchev–Trinajstić information content (AvgIpc) is 2.30. The zero-order valence-corrected chi connectivity index (χ0v) is 11.7. The Morgan fingerprint density at radius 2 is 1.65 bits per heavy atom. The average molecular weight is 240 g/mol. The maximum absolute atomic E-state index is 10.6. The van der Waals surface area contributed by atoms with E-state index in [0.717, 1.165) is 12.8 Å². The van der Waals surface area contributed by atoms with Gasteiger partial charge in [-0.1, -0.05) is 65.4 Å². The molecule has 0 aromatic rings. The number of hydrogen-bond acceptors (Lipinski definition) is 1. The maximum Gasteiger partial charge on any atom is 0.327 e. The van der Waals surface area contributed by atoms with E-state index in [1.165, 1.54) is 44.6 Å². The summed E-state index contributed by atoms with van der Waals surface area (Å²) in [6.45, 7) is 6.58. The largest absolute Gasteiger partial charge is 0.478 e. The quantitative estimate of drug-likeness (QED) is 0.440. The van der Waals surface area contributed by atoms with E-state index in [0.29, 0.717) is 0 Å². The van der Waals surface area contributed by atoms with Gasteiger partial charge in [-0.25, -0.2) is 4.79 Å². The van der Waals surface area contributed by atoms with Crippen molar-refractivity contribution in [2.45, 2.75) is 72.1 Å². The van der Waals surface area contributed by atoms with Gasteiger partial charge in [0.05, 0.1) is 0 Å². The first kappa shape index (κ1) is 16.2. The molecule has 1 unspecified atom stereocenters. The summed E-state index contributed by atoms with van der Waals surface area (Å²) in [7, 11) is 0. The lowest BCUT2D eigenvalue weighted by Gasteiger charge is -2.26. The van der Waals surface area contributed by atoms with E-state index in [1.807, 2.05) is 6.08 Å². The minimum atomic E-state index is -0.832. The summed E-state index contributed by atoms with van der Waals surface area (Å²) in [5, 5.41) is 8.73. The van der Waals surface area contributed by atoms with Gasteiger partial charge in [0, 0.05) is 6.08 Å². The van der Waals surface area contributed by atoms with Crippen LogP contribution in [0.3, 0.4) is 0 Å². The molecule has 1 N–H and O–H groups in total. The summed E-state index contributed by atoms with van der Waals surface area (Å²) in [6.07, 6.45) is 12.8. The van der Waals surface area contributed by atoms with Crippen molar-refractivity contribution >= 4 is 5.97 Å². The summed E-state index contributed by atoms with van der Waals surface area (Å²) < 4.78 is 0. The highest BCUT2D eigenvalue weighted by Gasteiger charge is 2.19. The van der Waals surface area contributed by atoms with Crippen LogP contribution in [0.25, 0.3) is 0 Å². The predicted octanol–water partition coefficient (Wildman–Crippen LogP) is 4.79. The van der Waals surface area contributed by atoms with Gasteiger partial charge in [0.1, 0.15) is 0 Å². The van der Waals surface area contributed by atoms with Crippen molar-refractivity contribution in [1.82, 2.24) is 0 Å². The zero-order valence-electron chi connectivity index (χ0n) is 11.7. The summed E-state index contributed by atoms with van der Waals surface area (Å²) in [4.78, 5) is 10.6. The van der Waals surface area contributed by atoms with Crippen molar-refractivity contribution in [1.29, 1.82) is 0 Å². The first-order valence-corrected chi connectivity index (χ1v) is 6.96. The molecule has 2 heteroatoms. The van der Waals surface area contributed by atoms with Gasteiger partial charge in [-0.05, 0) is 18.3 Å². The van der Waals surface area contributed by atoms with Crippen LogP contribution in [0.2, 0.25) is 0 Å². The molecule has 0 aliphatic rings. The molecular formula is C15H28O2. The third-order valence-corrected chi connectivity index (χ3v) is 3.33. The number of allylic oxidation sites excluding steroid dienone is 1. The van der Waals surface area contributed by atoms with Crippen LogP contribution in [0.5, 0.6) is 0 Å². The lowest BCUT2D eigenvalue weighted by Crippen LogP contribution is -2.14. The van der Waals surface area contributed by atoms with E-state index in [2.05, 4.69) is 20.8 Å². The molecule has 0 radical (unpaired) electrons. The fourth-order valence-corrected chi connectivity index (χ4v) is 2.10. The predicted molar refractivity (Wildman–Crippen MR) is 73.2 cm³/mol. The van der Waals surface area contributed by atoms with E-state index in [9.17, 15) is 4.79 Å². The zero-order chi connectivity index (χ0) is 13.1. The Hall–Kier alpha value is -0.790. The highest BCUT2D eigenvalue weighted by Crippen LogP contribution is 2.32. The second-order valence-electron chi connectivity index (χ2n) is 5.24. The Labute approximate surface area is 106 Å². The van der Waals surface area contributed by atoms with Crippen LogP contribution < -0.4 is 0 Å². The Kier molecular flexibility index (Phi) is 8.83. The van der Waals surface area contributed by atoms with E-state index in [4.69, 9.17) is 5.11 Å². The monoisotopic (exact) mass is 240 g/mol. The van der Waals surface area contributed by atoms with E-state index in [1.54, 1.807) is 0 Å². The molecule has 0 aromatic heterocycles. The summed E-state index contributed by atoms with van der Waals surface area (Å²) in [5.74, 6) is -0.832. The molecule has 0 rings (SSSR count). The first-order valence-electron chi connectivity index (χ1n) is 6.96. The molecule has 0 heterocycles. The van der Waals surface area contributed by atoms with E-state index < -0.39 is 5.97 Å². The molecule has 2 nitrogen and oxygen atoms in total. The molecule has 1 atom stereocenters. The third-order valence-electron chi connectivity index (χ3n) is 3.33. The van der Waals surface area contributed by atoms with Crippen molar-refractivity contribution in [2.24, 2.45) is 5.41 Å². The number of carboxylic acid groups (broad SMARTS) is 1. The molecule has 100 valence electrons. The smallest absolute Gasteiger partial charge is 0.327 e. The maximum atomic E-state index is 10.6. The molecule has 0 amide bonds. The summed E-state index contributed by atoms with van der Waals surface area (Å²) in [5.41, 5.74) is 0.0716. The number of unbranched alkanes of at least 4 members (excludes halogenated alkanes) is 4. The van der Waals surface area contributed by atoms with Crippen LogP contribution in [-0.4, -0.2) is 11.1 Å². The minimum absolute atomic E-state index is 0.0716. The molecule has 0 spiro atoms. The number of hydrogen-bond donors (Lipinski definition) is 1. The standard InChI is InChI=1S/C15H28O2/c1-4-6-8-9-12-15(3,11-7-5-2)13-10-14(16)17/h10,13H,4-9,11-12H2,1-3H3,(H,16,17)/b13-10+.